The van der Waals surface area contributed by atoms with Gasteiger partial charge in [0.1, 0.15) is 11.5 Å². The van der Waals surface area contributed by atoms with Crippen LogP contribution in [0.2, 0.25) is 0 Å². The molecule has 0 bridgehead atoms. The number of anilines is 1. The van der Waals surface area contributed by atoms with Crippen LogP contribution in [0.1, 0.15) is 12.5 Å². The standard InChI is InChI=1S/C20H20N2O4/c1-15(23)22-17-7-5-16(6-8-17)4-3-13-21-20(24)14-26-19-11-9-18(25-2)10-12-19/h5-12H,13-14H2,1-2H3,(H,21,24)(H,22,23). The van der Waals surface area contributed by atoms with E-state index in [0.717, 1.165) is 11.3 Å². The third-order valence-corrected chi connectivity index (χ3v) is 3.24. The van der Waals surface area contributed by atoms with Gasteiger partial charge >= 0.3 is 0 Å². The largest absolute Gasteiger partial charge is 0.497 e. The lowest BCUT2D eigenvalue weighted by molar-refractivity contribution is -0.122. The summed E-state index contributed by atoms with van der Waals surface area (Å²) >= 11 is 0. The molecule has 6 nitrogen and oxygen atoms in total. The van der Waals surface area contributed by atoms with Crippen molar-refractivity contribution in [2.24, 2.45) is 0 Å². The molecule has 0 saturated heterocycles. The van der Waals surface area contributed by atoms with Crippen molar-refractivity contribution in [1.29, 1.82) is 0 Å². The van der Waals surface area contributed by atoms with E-state index >= 15 is 0 Å². The number of methoxy groups -OCH3 is 1. The smallest absolute Gasteiger partial charge is 0.258 e. The van der Waals surface area contributed by atoms with Gasteiger partial charge in [0.25, 0.3) is 5.91 Å². The van der Waals surface area contributed by atoms with E-state index in [9.17, 15) is 9.59 Å². The van der Waals surface area contributed by atoms with Crippen LogP contribution in [0.3, 0.4) is 0 Å². The Labute approximate surface area is 152 Å². The van der Waals surface area contributed by atoms with Crippen LogP contribution in [0.15, 0.2) is 48.5 Å². The Morgan fingerprint density at radius 1 is 1.00 bits per heavy atom. The Morgan fingerprint density at radius 3 is 2.27 bits per heavy atom. The maximum absolute atomic E-state index is 11.7. The number of benzene rings is 2. The Morgan fingerprint density at radius 2 is 1.65 bits per heavy atom. The van der Waals surface area contributed by atoms with Crippen molar-refractivity contribution >= 4 is 17.5 Å². The molecule has 0 heterocycles. The van der Waals surface area contributed by atoms with E-state index < -0.39 is 0 Å². The van der Waals surface area contributed by atoms with E-state index in [0.29, 0.717) is 11.4 Å². The summed E-state index contributed by atoms with van der Waals surface area (Å²) in [5, 5.41) is 5.35. The molecule has 2 rings (SSSR count). The summed E-state index contributed by atoms with van der Waals surface area (Å²) in [6.07, 6.45) is 0. The first kappa shape index (κ1) is 18.9. The highest BCUT2D eigenvalue weighted by molar-refractivity contribution is 5.88. The quantitative estimate of drug-likeness (QED) is 0.782. The van der Waals surface area contributed by atoms with E-state index in [1.54, 1.807) is 55.6 Å². The van der Waals surface area contributed by atoms with E-state index in [1.807, 2.05) is 0 Å². The van der Waals surface area contributed by atoms with Gasteiger partial charge in [-0.3, -0.25) is 9.59 Å². The summed E-state index contributed by atoms with van der Waals surface area (Å²) in [5.74, 6) is 6.74. The van der Waals surface area contributed by atoms with E-state index in [4.69, 9.17) is 9.47 Å². The van der Waals surface area contributed by atoms with Gasteiger partial charge in [-0.25, -0.2) is 0 Å². The zero-order chi connectivity index (χ0) is 18.8. The number of carbonyl (C=O) groups excluding carboxylic acids is 2. The third-order valence-electron chi connectivity index (χ3n) is 3.24. The van der Waals surface area contributed by atoms with E-state index in [-0.39, 0.29) is 25.0 Å². The maximum Gasteiger partial charge on any atom is 0.258 e. The highest BCUT2D eigenvalue weighted by atomic mass is 16.5. The number of rotatable bonds is 6. The van der Waals surface area contributed by atoms with E-state index in [2.05, 4.69) is 22.5 Å². The molecule has 0 aliphatic rings. The van der Waals surface area contributed by atoms with Gasteiger partial charge in [0, 0.05) is 18.2 Å². The van der Waals surface area contributed by atoms with Crippen LogP contribution >= 0.6 is 0 Å². The summed E-state index contributed by atoms with van der Waals surface area (Å²) in [5.41, 5.74) is 1.51. The minimum Gasteiger partial charge on any atom is -0.497 e. The summed E-state index contributed by atoms with van der Waals surface area (Å²) in [6.45, 7) is 1.59. The fourth-order valence-electron chi connectivity index (χ4n) is 2.00. The molecule has 2 N–H and O–H groups in total. The average Bonchev–Trinajstić information content (AvgIpc) is 2.65. The first-order valence-corrected chi connectivity index (χ1v) is 7.97. The normalized spacial score (nSPS) is 9.46. The molecule has 0 aliphatic heterocycles. The fraction of sp³-hybridized carbons (Fsp3) is 0.200. The van der Waals surface area contributed by atoms with Crippen LogP contribution in [0.4, 0.5) is 5.69 Å². The Balaban J connectivity index is 1.72. The molecule has 0 fully saturated rings. The highest BCUT2D eigenvalue weighted by Crippen LogP contribution is 2.16. The molecule has 0 radical (unpaired) electrons. The van der Waals surface area contributed by atoms with Crippen molar-refractivity contribution in [1.82, 2.24) is 5.32 Å². The van der Waals surface area contributed by atoms with Crippen LogP contribution < -0.4 is 20.1 Å². The topological polar surface area (TPSA) is 76.7 Å². The van der Waals surface area contributed by atoms with Crippen LogP contribution in [0.5, 0.6) is 11.5 Å². The van der Waals surface area contributed by atoms with Gasteiger partial charge in [-0.2, -0.15) is 0 Å². The molecule has 0 aliphatic carbocycles. The Kier molecular flexibility index (Phi) is 7.07. The average molecular weight is 352 g/mol. The van der Waals surface area contributed by atoms with Crippen molar-refractivity contribution in [2.45, 2.75) is 6.92 Å². The number of hydrogen-bond acceptors (Lipinski definition) is 4. The van der Waals surface area contributed by atoms with Gasteiger partial charge in [0.15, 0.2) is 6.61 Å². The summed E-state index contributed by atoms with van der Waals surface area (Å²) in [7, 11) is 1.59. The summed E-state index contributed by atoms with van der Waals surface area (Å²) < 4.78 is 10.4. The molecule has 0 aromatic heterocycles. The molecule has 0 atom stereocenters. The Bertz CT molecular complexity index is 802. The monoisotopic (exact) mass is 352 g/mol. The number of hydrogen-bond donors (Lipinski definition) is 2. The van der Waals surface area contributed by atoms with Gasteiger partial charge in [-0.1, -0.05) is 11.8 Å². The minimum absolute atomic E-state index is 0.0839. The number of amides is 2. The summed E-state index contributed by atoms with van der Waals surface area (Å²) in [6, 6.07) is 14.1. The van der Waals surface area contributed by atoms with Gasteiger partial charge in [0.2, 0.25) is 5.91 Å². The minimum atomic E-state index is -0.254. The van der Waals surface area contributed by atoms with Gasteiger partial charge in [-0.05, 0) is 48.5 Å². The second-order valence-corrected chi connectivity index (χ2v) is 5.30. The summed E-state index contributed by atoms with van der Waals surface area (Å²) in [4.78, 5) is 22.7. The molecule has 2 amide bonds. The molecule has 0 spiro atoms. The molecule has 0 unspecified atom stereocenters. The molecule has 6 heteroatoms. The first-order valence-electron chi connectivity index (χ1n) is 7.97. The maximum atomic E-state index is 11.7. The number of nitrogens with one attached hydrogen (secondary N) is 2. The SMILES string of the molecule is COc1ccc(OCC(=O)NCC#Cc2ccc(NC(C)=O)cc2)cc1. The zero-order valence-corrected chi connectivity index (χ0v) is 14.7. The lowest BCUT2D eigenvalue weighted by atomic mass is 10.2. The third kappa shape index (κ3) is 6.57. The fourth-order valence-corrected chi connectivity index (χ4v) is 2.00. The van der Waals surface area contributed by atoms with Gasteiger partial charge in [-0.15, -0.1) is 0 Å². The highest BCUT2D eigenvalue weighted by Gasteiger charge is 2.01. The number of carbonyl (C=O) groups is 2. The van der Waals surface area contributed by atoms with Crippen LogP contribution in [0.25, 0.3) is 0 Å². The molecule has 26 heavy (non-hydrogen) atoms. The van der Waals surface area contributed by atoms with Crippen molar-refractivity contribution in [2.75, 3.05) is 25.6 Å². The van der Waals surface area contributed by atoms with Crippen LogP contribution in [-0.4, -0.2) is 32.1 Å². The zero-order valence-electron chi connectivity index (χ0n) is 14.7. The predicted molar refractivity (Wildman–Crippen MR) is 99.1 cm³/mol. The molecule has 0 saturated carbocycles. The van der Waals surface area contributed by atoms with Crippen molar-refractivity contribution in [3.8, 4) is 23.3 Å². The second-order valence-electron chi connectivity index (χ2n) is 5.30. The lowest BCUT2D eigenvalue weighted by Gasteiger charge is -2.06. The van der Waals surface area contributed by atoms with Gasteiger partial charge < -0.3 is 20.1 Å². The van der Waals surface area contributed by atoms with Crippen molar-refractivity contribution in [3.63, 3.8) is 0 Å². The molecule has 2 aromatic carbocycles. The number of ether oxygens (including phenoxy) is 2. The lowest BCUT2D eigenvalue weighted by Crippen LogP contribution is -2.29. The molecule has 2 aromatic rings. The van der Waals surface area contributed by atoms with Crippen molar-refractivity contribution in [3.05, 3.63) is 54.1 Å². The van der Waals surface area contributed by atoms with E-state index in [1.165, 1.54) is 6.92 Å². The van der Waals surface area contributed by atoms with Crippen LogP contribution in [-0.2, 0) is 9.59 Å². The van der Waals surface area contributed by atoms with Crippen molar-refractivity contribution < 1.29 is 19.1 Å². The van der Waals surface area contributed by atoms with Gasteiger partial charge in [0.05, 0.1) is 13.7 Å². The second kappa shape index (κ2) is 9.74. The molecular weight excluding hydrogens is 332 g/mol. The predicted octanol–water partition coefficient (Wildman–Crippen LogP) is 2.20. The van der Waals surface area contributed by atoms with Crippen LogP contribution in [0, 0.1) is 11.8 Å². The Hall–Kier alpha value is -3.46. The molecular formula is C20H20N2O4. The molecule has 134 valence electrons. The first-order chi connectivity index (χ1) is 12.6.